The highest BCUT2D eigenvalue weighted by Gasteiger charge is 2.33. The molecular formula is C13H24N2O. The van der Waals surface area contributed by atoms with Crippen molar-refractivity contribution in [2.45, 2.75) is 38.5 Å². The highest BCUT2D eigenvalue weighted by atomic mass is 16.1. The molecule has 2 rings (SSSR count). The van der Waals surface area contributed by atoms with Crippen LogP contribution in [0.4, 0.5) is 0 Å². The molecule has 1 heterocycles. The maximum Gasteiger partial charge on any atom is 0.221 e. The highest BCUT2D eigenvalue weighted by molar-refractivity contribution is 5.77. The van der Waals surface area contributed by atoms with Crippen LogP contribution in [0.5, 0.6) is 0 Å². The molecule has 3 nitrogen and oxygen atoms in total. The van der Waals surface area contributed by atoms with Crippen LogP contribution >= 0.6 is 0 Å². The fourth-order valence-electron chi connectivity index (χ4n) is 3.52. The van der Waals surface area contributed by atoms with E-state index in [1.54, 1.807) is 0 Å². The second-order valence-electron chi connectivity index (χ2n) is 5.71. The van der Waals surface area contributed by atoms with Crippen molar-refractivity contribution < 1.29 is 4.79 Å². The van der Waals surface area contributed by atoms with Gasteiger partial charge in [0.25, 0.3) is 0 Å². The largest absolute Gasteiger partial charge is 0.369 e. The lowest BCUT2D eigenvalue weighted by Gasteiger charge is -2.39. The minimum atomic E-state index is -0.104. The predicted octanol–water partition coefficient (Wildman–Crippen LogP) is 1.62. The molecule has 1 saturated heterocycles. The van der Waals surface area contributed by atoms with Gasteiger partial charge in [-0.05, 0) is 25.3 Å². The molecule has 0 aromatic rings. The summed E-state index contributed by atoms with van der Waals surface area (Å²) in [5.74, 6) is 1.54. The summed E-state index contributed by atoms with van der Waals surface area (Å²) in [6, 6.07) is 0. The SMILES string of the molecule is CN1CC(C(N)=O)CC(C2CCCCC2)C1. The Kier molecular flexibility index (Phi) is 3.85. The third-order valence-corrected chi connectivity index (χ3v) is 4.38. The minimum absolute atomic E-state index is 0.0886. The van der Waals surface area contributed by atoms with Crippen LogP contribution < -0.4 is 5.73 Å². The first-order valence-corrected chi connectivity index (χ1v) is 6.64. The zero-order chi connectivity index (χ0) is 11.5. The summed E-state index contributed by atoms with van der Waals surface area (Å²) in [7, 11) is 2.12. The molecule has 3 heteroatoms. The maximum absolute atomic E-state index is 11.3. The number of nitrogens with zero attached hydrogens (tertiary/aromatic N) is 1. The van der Waals surface area contributed by atoms with Crippen molar-refractivity contribution in [2.75, 3.05) is 20.1 Å². The number of carbonyl (C=O) groups is 1. The lowest BCUT2D eigenvalue weighted by molar-refractivity contribution is -0.124. The standard InChI is InChI=1S/C13H24N2O/c1-15-8-11(7-12(9-15)13(14)16)10-5-3-2-4-6-10/h10-12H,2-9H2,1H3,(H2,14,16). The molecule has 0 bridgehead atoms. The topological polar surface area (TPSA) is 46.3 Å². The Morgan fingerprint density at radius 2 is 1.81 bits per heavy atom. The van der Waals surface area contributed by atoms with E-state index in [0.29, 0.717) is 5.92 Å². The third kappa shape index (κ3) is 2.76. The van der Waals surface area contributed by atoms with Crippen molar-refractivity contribution in [2.24, 2.45) is 23.5 Å². The third-order valence-electron chi connectivity index (χ3n) is 4.38. The first-order valence-electron chi connectivity index (χ1n) is 6.64. The fourth-order valence-corrected chi connectivity index (χ4v) is 3.52. The van der Waals surface area contributed by atoms with E-state index in [9.17, 15) is 4.79 Å². The van der Waals surface area contributed by atoms with Gasteiger partial charge in [-0.2, -0.15) is 0 Å². The fraction of sp³-hybridized carbons (Fsp3) is 0.923. The van der Waals surface area contributed by atoms with Gasteiger partial charge in [-0.25, -0.2) is 0 Å². The molecule has 2 unspecified atom stereocenters. The van der Waals surface area contributed by atoms with Gasteiger partial charge in [0.05, 0.1) is 5.92 Å². The molecule has 0 spiro atoms. The first kappa shape index (κ1) is 11.9. The molecule has 92 valence electrons. The Morgan fingerprint density at radius 1 is 1.12 bits per heavy atom. The van der Waals surface area contributed by atoms with E-state index in [1.807, 2.05) is 0 Å². The maximum atomic E-state index is 11.3. The number of hydrogen-bond acceptors (Lipinski definition) is 2. The van der Waals surface area contributed by atoms with Crippen molar-refractivity contribution >= 4 is 5.91 Å². The normalized spacial score (nSPS) is 33.8. The molecule has 1 amide bonds. The van der Waals surface area contributed by atoms with E-state index in [2.05, 4.69) is 11.9 Å². The quantitative estimate of drug-likeness (QED) is 0.774. The smallest absolute Gasteiger partial charge is 0.221 e. The molecular weight excluding hydrogens is 200 g/mol. The van der Waals surface area contributed by atoms with Gasteiger partial charge in [-0.3, -0.25) is 4.79 Å². The van der Waals surface area contributed by atoms with Gasteiger partial charge in [-0.1, -0.05) is 32.1 Å². The summed E-state index contributed by atoms with van der Waals surface area (Å²) >= 11 is 0. The van der Waals surface area contributed by atoms with Crippen LogP contribution in [0.1, 0.15) is 38.5 Å². The molecule has 0 aromatic carbocycles. The molecule has 2 fully saturated rings. The van der Waals surface area contributed by atoms with Crippen LogP contribution in [-0.2, 0) is 4.79 Å². The summed E-state index contributed by atoms with van der Waals surface area (Å²) in [4.78, 5) is 13.6. The Morgan fingerprint density at radius 3 is 2.44 bits per heavy atom. The van der Waals surface area contributed by atoms with Gasteiger partial charge in [0, 0.05) is 13.1 Å². The van der Waals surface area contributed by atoms with E-state index in [-0.39, 0.29) is 11.8 Å². The average molecular weight is 224 g/mol. The Balaban J connectivity index is 1.95. The summed E-state index contributed by atoms with van der Waals surface area (Å²) in [6.07, 6.45) is 7.93. The van der Waals surface area contributed by atoms with Gasteiger partial charge < -0.3 is 10.6 Å². The minimum Gasteiger partial charge on any atom is -0.369 e. The zero-order valence-electron chi connectivity index (χ0n) is 10.3. The summed E-state index contributed by atoms with van der Waals surface area (Å²) < 4.78 is 0. The van der Waals surface area contributed by atoms with Crippen molar-refractivity contribution in [1.29, 1.82) is 0 Å². The van der Waals surface area contributed by atoms with Gasteiger partial charge in [0.2, 0.25) is 5.91 Å². The molecule has 2 N–H and O–H groups in total. The number of primary amides is 1. The van der Waals surface area contributed by atoms with Gasteiger partial charge >= 0.3 is 0 Å². The number of hydrogen-bond donors (Lipinski definition) is 1. The van der Waals surface area contributed by atoms with E-state index in [1.165, 1.54) is 32.1 Å². The van der Waals surface area contributed by atoms with E-state index in [4.69, 9.17) is 5.73 Å². The number of likely N-dealkylation sites (tertiary alicyclic amines) is 1. The Bertz CT molecular complexity index is 248. The lowest BCUT2D eigenvalue weighted by Crippen LogP contribution is -2.45. The number of rotatable bonds is 2. The lowest BCUT2D eigenvalue weighted by atomic mass is 9.74. The molecule has 2 aliphatic rings. The summed E-state index contributed by atoms with van der Waals surface area (Å²) in [5.41, 5.74) is 5.46. The molecule has 1 aliphatic carbocycles. The monoisotopic (exact) mass is 224 g/mol. The van der Waals surface area contributed by atoms with E-state index < -0.39 is 0 Å². The van der Waals surface area contributed by atoms with Crippen molar-refractivity contribution in [3.63, 3.8) is 0 Å². The molecule has 16 heavy (non-hydrogen) atoms. The van der Waals surface area contributed by atoms with E-state index in [0.717, 1.165) is 25.4 Å². The molecule has 0 aromatic heterocycles. The van der Waals surface area contributed by atoms with Crippen molar-refractivity contribution in [1.82, 2.24) is 4.90 Å². The Hall–Kier alpha value is -0.570. The molecule has 2 atom stereocenters. The molecule has 0 radical (unpaired) electrons. The van der Waals surface area contributed by atoms with Gasteiger partial charge in [0.1, 0.15) is 0 Å². The second-order valence-corrected chi connectivity index (χ2v) is 5.71. The highest BCUT2D eigenvalue weighted by Crippen LogP contribution is 2.35. The van der Waals surface area contributed by atoms with Crippen molar-refractivity contribution in [3.05, 3.63) is 0 Å². The van der Waals surface area contributed by atoms with Crippen LogP contribution in [0.25, 0.3) is 0 Å². The van der Waals surface area contributed by atoms with Gasteiger partial charge in [-0.15, -0.1) is 0 Å². The average Bonchev–Trinajstić information content (AvgIpc) is 2.29. The van der Waals surface area contributed by atoms with E-state index >= 15 is 0 Å². The van der Waals surface area contributed by atoms with Crippen LogP contribution in [-0.4, -0.2) is 30.9 Å². The van der Waals surface area contributed by atoms with Crippen LogP contribution in [0.15, 0.2) is 0 Å². The van der Waals surface area contributed by atoms with Crippen molar-refractivity contribution in [3.8, 4) is 0 Å². The summed E-state index contributed by atoms with van der Waals surface area (Å²) in [5, 5.41) is 0. The summed E-state index contributed by atoms with van der Waals surface area (Å²) in [6.45, 7) is 2.02. The number of piperidine rings is 1. The van der Waals surface area contributed by atoms with Crippen LogP contribution in [0, 0.1) is 17.8 Å². The number of carbonyl (C=O) groups excluding carboxylic acids is 1. The second kappa shape index (κ2) is 5.17. The molecule has 1 saturated carbocycles. The number of nitrogens with two attached hydrogens (primary N) is 1. The van der Waals surface area contributed by atoms with Crippen LogP contribution in [0.2, 0.25) is 0 Å². The predicted molar refractivity (Wildman–Crippen MR) is 64.9 cm³/mol. The number of amides is 1. The molecule has 1 aliphatic heterocycles. The Labute approximate surface area is 98.4 Å². The van der Waals surface area contributed by atoms with Crippen LogP contribution in [0.3, 0.4) is 0 Å². The first-order chi connectivity index (χ1) is 7.66. The zero-order valence-corrected chi connectivity index (χ0v) is 10.3. The van der Waals surface area contributed by atoms with Gasteiger partial charge in [0.15, 0.2) is 0 Å².